The smallest absolute Gasteiger partial charge is 0.317 e. The van der Waals surface area contributed by atoms with Crippen molar-refractivity contribution in [3.8, 4) is 11.1 Å². The number of carboxylic acid groups (broad SMARTS) is 3. The van der Waals surface area contributed by atoms with Gasteiger partial charge in [0, 0.05) is 89.1 Å². The normalized spacial score (nSPS) is 16.7. The van der Waals surface area contributed by atoms with Crippen molar-refractivity contribution in [1.29, 1.82) is 0 Å². The van der Waals surface area contributed by atoms with Gasteiger partial charge in [-0.1, -0.05) is 30.3 Å². The van der Waals surface area contributed by atoms with E-state index in [0.717, 1.165) is 11.1 Å². The van der Waals surface area contributed by atoms with E-state index in [0.29, 0.717) is 72.0 Å². The molecule has 0 bridgehead atoms. The first-order valence-corrected chi connectivity index (χ1v) is 23.8. The van der Waals surface area contributed by atoms with Crippen molar-refractivity contribution in [3.63, 3.8) is 0 Å². The summed E-state index contributed by atoms with van der Waals surface area (Å²) in [6.07, 6.45) is 3.01. The summed E-state index contributed by atoms with van der Waals surface area (Å²) in [7, 11) is 0. The molecule has 2 saturated heterocycles. The van der Waals surface area contributed by atoms with E-state index in [1.807, 2.05) is 17.0 Å². The van der Waals surface area contributed by atoms with E-state index in [-0.39, 0.29) is 109 Å². The maximum atomic E-state index is 13.6. The second-order valence-corrected chi connectivity index (χ2v) is 17.7. The molecule has 0 saturated carbocycles. The van der Waals surface area contributed by atoms with Crippen LogP contribution in [0.2, 0.25) is 0 Å². The number of carboxylic acids is 3. The Morgan fingerprint density at radius 3 is 1.81 bits per heavy atom. The Morgan fingerprint density at radius 1 is 0.611 bits per heavy atom. The van der Waals surface area contributed by atoms with Gasteiger partial charge in [-0.05, 0) is 72.9 Å². The van der Waals surface area contributed by atoms with Crippen molar-refractivity contribution in [2.75, 3.05) is 105 Å². The first-order chi connectivity index (χ1) is 34.7. The minimum atomic E-state index is -1.04. The minimum Gasteiger partial charge on any atom is -0.480 e. The molecule has 2 aliphatic heterocycles. The van der Waals surface area contributed by atoms with Crippen LogP contribution in [0.25, 0.3) is 33.1 Å². The highest BCUT2D eigenvalue weighted by Gasteiger charge is 2.37. The molecule has 0 unspecified atom stereocenters. The molecule has 4 heterocycles. The van der Waals surface area contributed by atoms with E-state index < -0.39 is 35.8 Å². The minimum absolute atomic E-state index is 0.0247. The van der Waals surface area contributed by atoms with Crippen LogP contribution in [0.15, 0.2) is 83.4 Å². The van der Waals surface area contributed by atoms with E-state index >= 15 is 0 Å². The molecule has 3 aromatic carbocycles. The van der Waals surface area contributed by atoms with Gasteiger partial charge in [-0.15, -0.1) is 0 Å². The van der Waals surface area contributed by atoms with Gasteiger partial charge in [0.15, 0.2) is 5.58 Å². The third-order valence-electron chi connectivity index (χ3n) is 12.6. The number of pyridine rings is 1. The van der Waals surface area contributed by atoms with Crippen LogP contribution < -0.4 is 16.0 Å². The SMILES string of the molecule is O=C(O)CN1CCN(CC(=O)O)CCN(CC(=O)NCCCNC(=O)c2ccc(-c3ccc4nccc(C(=O)NCC(=O)N5CCC[C@H]5C(=O)c5nc6ccccc6o5)c4c3)cc2)CCN(CC(=O)O)CC1. The lowest BCUT2D eigenvalue weighted by Crippen LogP contribution is -2.49. The second-order valence-electron chi connectivity index (χ2n) is 17.7. The number of benzene rings is 3. The summed E-state index contributed by atoms with van der Waals surface area (Å²) in [4.78, 5) is 118. The molecule has 72 heavy (non-hydrogen) atoms. The lowest BCUT2D eigenvalue weighted by Gasteiger charge is -2.32. The molecule has 22 heteroatoms. The number of hydrogen-bond acceptors (Lipinski definition) is 15. The lowest BCUT2D eigenvalue weighted by atomic mass is 9.99. The fourth-order valence-corrected chi connectivity index (χ4v) is 8.81. The van der Waals surface area contributed by atoms with Crippen LogP contribution in [0.4, 0.5) is 0 Å². The number of likely N-dealkylation sites (tertiary alicyclic amines) is 1. The number of aliphatic carboxylic acids is 3. The van der Waals surface area contributed by atoms with Gasteiger partial charge in [0.2, 0.25) is 17.6 Å². The number of nitrogens with one attached hydrogen (secondary N) is 3. The van der Waals surface area contributed by atoms with Gasteiger partial charge in [0.25, 0.3) is 17.7 Å². The van der Waals surface area contributed by atoms with Crippen molar-refractivity contribution in [3.05, 3.63) is 96.0 Å². The Balaban J connectivity index is 0.876. The molecule has 4 amide bonds. The topological polar surface area (TPSA) is 288 Å². The Kier molecular flexibility index (Phi) is 18.1. The molecule has 0 aliphatic carbocycles. The first kappa shape index (κ1) is 52.2. The molecule has 1 atom stereocenters. The highest BCUT2D eigenvalue weighted by molar-refractivity contribution is 6.08. The molecular weight excluding hydrogens is 933 g/mol. The van der Waals surface area contributed by atoms with Gasteiger partial charge in [-0.2, -0.15) is 0 Å². The zero-order valence-corrected chi connectivity index (χ0v) is 39.7. The molecule has 5 aromatic rings. The third kappa shape index (κ3) is 14.5. The summed E-state index contributed by atoms with van der Waals surface area (Å²) < 4.78 is 5.67. The molecule has 2 aliphatic rings. The van der Waals surface area contributed by atoms with Gasteiger partial charge in [-0.3, -0.25) is 62.9 Å². The van der Waals surface area contributed by atoms with Gasteiger partial charge < -0.3 is 40.6 Å². The molecule has 6 N–H and O–H groups in total. The van der Waals surface area contributed by atoms with Crippen molar-refractivity contribution in [2.24, 2.45) is 0 Å². The molecule has 0 radical (unpaired) electrons. The number of nitrogens with zero attached hydrogens (tertiary/aromatic N) is 7. The Hall–Kier alpha value is -7.66. The van der Waals surface area contributed by atoms with Crippen molar-refractivity contribution >= 4 is 69.3 Å². The number of rotatable bonds is 19. The number of aromatic nitrogens is 2. The van der Waals surface area contributed by atoms with Crippen LogP contribution in [0.5, 0.6) is 0 Å². The van der Waals surface area contributed by atoms with Crippen molar-refractivity contribution < 1.29 is 58.1 Å². The van der Waals surface area contributed by atoms with Crippen LogP contribution in [-0.2, 0) is 24.0 Å². The number of oxazole rings is 1. The fourth-order valence-electron chi connectivity index (χ4n) is 8.81. The second kappa shape index (κ2) is 24.9. The quantitative estimate of drug-likeness (QED) is 0.0503. The summed E-state index contributed by atoms with van der Waals surface area (Å²) in [6.45, 7) is 2.00. The van der Waals surface area contributed by atoms with Crippen LogP contribution in [0.3, 0.4) is 0 Å². The maximum absolute atomic E-state index is 13.6. The van der Waals surface area contributed by atoms with Crippen molar-refractivity contribution in [2.45, 2.75) is 25.3 Å². The predicted molar refractivity (Wildman–Crippen MR) is 261 cm³/mol. The molecule has 2 aromatic heterocycles. The summed E-state index contributed by atoms with van der Waals surface area (Å²) in [5.74, 6) is -5.07. The van der Waals surface area contributed by atoms with Crippen LogP contribution in [0.1, 0.15) is 50.7 Å². The van der Waals surface area contributed by atoms with E-state index in [1.54, 1.807) is 75.4 Å². The summed E-state index contributed by atoms with van der Waals surface area (Å²) in [5, 5.41) is 37.3. The van der Waals surface area contributed by atoms with E-state index in [4.69, 9.17) is 4.42 Å². The monoisotopic (exact) mass is 990 g/mol. The number of Topliss-reactive ketones (excluding diaryl/α,β-unsaturated/α-hetero) is 1. The van der Waals surface area contributed by atoms with Gasteiger partial charge in [-0.25, -0.2) is 4.98 Å². The number of carbonyl (C=O) groups is 8. The first-order valence-electron chi connectivity index (χ1n) is 23.8. The number of ketones is 1. The predicted octanol–water partition coefficient (Wildman–Crippen LogP) is 1.36. The van der Waals surface area contributed by atoms with Crippen LogP contribution in [0, 0.1) is 0 Å². The summed E-state index contributed by atoms with van der Waals surface area (Å²) in [6, 6.07) is 20.2. The number of amides is 4. The van der Waals surface area contributed by atoms with E-state index in [2.05, 4.69) is 25.9 Å². The number of hydrogen-bond donors (Lipinski definition) is 6. The van der Waals surface area contributed by atoms with Gasteiger partial charge >= 0.3 is 17.9 Å². The highest BCUT2D eigenvalue weighted by Crippen LogP contribution is 2.27. The fraction of sp³-hybridized carbons (Fsp3) is 0.400. The zero-order valence-electron chi connectivity index (χ0n) is 39.7. The number of carbonyl (C=O) groups excluding carboxylic acids is 5. The summed E-state index contributed by atoms with van der Waals surface area (Å²) >= 11 is 0. The Morgan fingerprint density at radius 2 is 1.19 bits per heavy atom. The Labute approximate surface area is 413 Å². The third-order valence-corrected chi connectivity index (χ3v) is 12.6. The Bertz CT molecular complexity index is 2720. The summed E-state index contributed by atoms with van der Waals surface area (Å²) in [5.41, 5.74) is 3.83. The highest BCUT2D eigenvalue weighted by atomic mass is 16.4. The average molecular weight is 991 g/mol. The van der Waals surface area contributed by atoms with Crippen LogP contribution in [-0.4, -0.2) is 208 Å². The van der Waals surface area contributed by atoms with Gasteiger partial charge in [0.05, 0.1) is 43.8 Å². The standard InChI is InChI=1S/C50H58N10O12/c61-42(29-56-19-21-57(30-44(63)64)23-25-59(32-46(67)68)26-24-58(22-20-56)31-45(65)66)52-15-4-16-53-48(70)34-10-8-33(9-11-34)35-12-13-38-37(27-35)36(14-17-51-38)49(71)54-28-43(62)60-18-3-6-40(60)47(69)50-55-39-5-1-2-7-41(39)72-50/h1-2,5,7-14,17,27,40H,3-4,6,15-16,18-26,28-32H2,(H,52,61)(H,53,70)(H,54,71)(H,63,64)(H,65,66)(H,67,68)/t40-/m0/s1. The average Bonchev–Trinajstić information content (AvgIpc) is 4.04. The number of para-hydroxylation sites is 2. The zero-order chi connectivity index (χ0) is 51.1. The van der Waals surface area contributed by atoms with E-state index in [9.17, 15) is 53.7 Å². The molecule has 2 fully saturated rings. The molecular formula is C50H58N10O12. The molecule has 7 rings (SSSR count). The largest absolute Gasteiger partial charge is 0.480 e. The number of fused-ring (bicyclic) bond motifs is 2. The van der Waals surface area contributed by atoms with Crippen LogP contribution >= 0.6 is 0 Å². The van der Waals surface area contributed by atoms with E-state index in [1.165, 1.54) is 11.1 Å². The molecule has 380 valence electrons. The molecule has 0 spiro atoms. The van der Waals surface area contributed by atoms with Gasteiger partial charge in [0.1, 0.15) is 11.6 Å². The lowest BCUT2D eigenvalue weighted by molar-refractivity contribution is -0.140. The van der Waals surface area contributed by atoms with Crippen molar-refractivity contribution in [1.82, 2.24) is 50.4 Å². The maximum Gasteiger partial charge on any atom is 0.317 e. The molecule has 22 nitrogen and oxygen atoms in total.